The minimum atomic E-state index is -0.833. The fourth-order valence-corrected chi connectivity index (χ4v) is 7.07. The normalized spacial score (nSPS) is 21.4. The third kappa shape index (κ3) is 12.4. The van der Waals surface area contributed by atoms with Crippen LogP contribution in [0.2, 0.25) is 0 Å². The molecule has 0 spiro atoms. The molecule has 0 aromatic rings. The number of nitrogens with zero attached hydrogens (tertiary/aromatic N) is 2. The predicted octanol–water partition coefficient (Wildman–Crippen LogP) is 6.71. The van der Waals surface area contributed by atoms with Crippen LogP contribution in [0.15, 0.2) is 12.2 Å². The van der Waals surface area contributed by atoms with Gasteiger partial charge in [-0.2, -0.15) is 0 Å². The maximum absolute atomic E-state index is 13.5. The quantitative estimate of drug-likeness (QED) is 0.348. The molecule has 4 rings (SSSR count). The fourth-order valence-electron chi connectivity index (χ4n) is 7.07. The molecule has 0 unspecified atom stereocenters. The van der Waals surface area contributed by atoms with Gasteiger partial charge < -0.3 is 20.0 Å². The monoisotopic (exact) mass is 562 g/mol. The molecule has 0 saturated heterocycles. The third-order valence-electron chi connectivity index (χ3n) is 8.75. The van der Waals surface area contributed by atoms with Gasteiger partial charge in [0.25, 0.3) is 11.9 Å². The van der Waals surface area contributed by atoms with Gasteiger partial charge >= 0.3 is 0 Å². The van der Waals surface area contributed by atoms with Crippen LogP contribution in [-0.4, -0.2) is 67.9 Å². The number of aliphatic carboxylic acids is 2. The first kappa shape index (κ1) is 33.8. The first-order valence-corrected chi connectivity index (χ1v) is 15.9. The van der Waals surface area contributed by atoms with Crippen molar-refractivity contribution < 1.29 is 29.4 Å². The molecule has 2 N–H and O–H groups in total. The van der Waals surface area contributed by atoms with E-state index in [1.54, 1.807) is 12.2 Å². The molecule has 0 aromatic carbocycles. The van der Waals surface area contributed by atoms with Crippen molar-refractivity contribution in [2.75, 3.05) is 0 Å². The predicted molar refractivity (Wildman–Crippen MR) is 157 cm³/mol. The molecule has 228 valence electrons. The van der Waals surface area contributed by atoms with Crippen molar-refractivity contribution >= 4 is 23.8 Å². The van der Waals surface area contributed by atoms with Gasteiger partial charge in [-0.15, -0.1) is 0 Å². The number of carbonyl (C=O) groups excluding carboxylic acids is 2. The average Bonchev–Trinajstić information content (AvgIpc) is 2.94. The highest BCUT2D eigenvalue weighted by molar-refractivity contribution is 5.97. The molecule has 40 heavy (non-hydrogen) atoms. The van der Waals surface area contributed by atoms with Crippen LogP contribution in [0.25, 0.3) is 0 Å². The van der Waals surface area contributed by atoms with E-state index in [9.17, 15) is 9.59 Å². The van der Waals surface area contributed by atoms with E-state index >= 15 is 0 Å². The summed E-state index contributed by atoms with van der Waals surface area (Å²) in [6.45, 7) is 2.17. The van der Waals surface area contributed by atoms with E-state index in [1.807, 2.05) is 0 Å². The molecule has 4 aliphatic rings. The number of hydrogen-bond acceptors (Lipinski definition) is 4. The van der Waals surface area contributed by atoms with Crippen molar-refractivity contribution in [2.24, 2.45) is 0 Å². The van der Waals surface area contributed by atoms with E-state index in [0.29, 0.717) is 24.2 Å². The molecule has 0 aliphatic heterocycles. The van der Waals surface area contributed by atoms with Crippen LogP contribution in [-0.2, 0) is 19.2 Å². The maximum Gasteiger partial charge on any atom is 0.300 e. The van der Waals surface area contributed by atoms with Crippen molar-refractivity contribution in [2.45, 2.75) is 166 Å². The van der Waals surface area contributed by atoms with Crippen LogP contribution in [0.3, 0.4) is 0 Å². The van der Waals surface area contributed by atoms with Crippen LogP contribution in [0.1, 0.15) is 142 Å². The second-order valence-corrected chi connectivity index (χ2v) is 12.0. The fraction of sp³-hybridized carbons (Fsp3) is 0.812. The van der Waals surface area contributed by atoms with Gasteiger partial charge in [0.1, 0.15) is 0 Å². The van der Waals surface area contributed by atoms with Gasteiger partial charge in [-0.3, -0.25) is 19.2 Å². The average molecular weight is 563 g/mol. The van der Waals surface area contributed by atoms with Crippen LogP contribution in [0.5, 0.6) is 0 Å². The highest BCUT2D eigenvalue weighted by atomic mass is 16.4. The standard InChI is InChI=1S/C28H46N2O2.2C2H4O2/c31-27(29(23-13-5-1-6-14-23)24-15-7-2-8-16-24)21-22-28(32)30(25-17-9-3-10-18-25)26-19-11-4-12-20-26;2*1-2(3)4/h21-26H,1-20H2;2*1H3,(H,3,4). The number of amides is 2. The minimum absolute atomic E-state index is 0.101. The zero-order valence-corrected chi connectivity index (χ0v) is 25.0. The first-order chi connectivity index (χ1) is 19.2. The molecule has 8 nitrogen and oxygen atoms in total. The lowest BCUT2D eigenvalue weighted by atomic mass is 9.88. The Labute approximate surface area is 241 Å². The number of carboxylic acid groups (broad SMARTS) is 2. The molecule has 8 heteroatoms. The van der Waals surface area contributed by atoms with Crippen molar-refractivity contribution in [3.63, 3.8) is 0 Å². The summed E-state index contributed by atoms with van der Waals surface area (Å²) in [6.07, 6.45) is 27.5. The van der Waals surface area contributed by atoms with Crippen molar-refractivity contribution in [3.05, 3.63) is 12.2 Å². The molecule has 0 bridgehead atoms. The smallest absolute Gasteiger partial charge is 0.300 e. The first-order valence-electron chi connectivity index (χ1n) is 15.9. The van der Waals surface area contributed by atoms with E-state index < -0.39 is 11.9 Å². The molecule has 0 radical (unpaired) electrons. The number of carbonyl (C=O) groups is 4. The third-order valence-corrected chi connectivity index (χ3v) is 8.75. The summed E-state index contributed by atoms with van der Waals surface area (Å²) in [5, 5.41) is 14.8. The van der Waals surface area contributed by atoms with Gasteiger partial charge in [-0.05, 0) is 51.4 Å². The molecule has 4 aliphatic carbocycles. The molecule has 2 amide bonds. The Morgan fingerprint density at radius 3 is 0.800 bits per heavy atom. The Hall–Kier alpha value is -2.38. The largest absolute Gasteiger partial charge is 0.481 e. The Morgan fingerprint density at radius 1 is 0.450 bits per heavy atom. The lowest BCUT2D eigenvalue weighted by molar-refractivity contribution is -0.135. The highest BCUT2D eigenvalue weighted by Gasteiger charge is 2.33. The lowest BCUT2D eigenvalue weighted by Gasteiger charge is -2.42. The molecule has 4 saturated carbocycles. The van der Waals surface area contributed by atoms with Gasteiger partial charge in [0.2, 0.25) is 11.8 Å². The van der Waals surface area contributed by atoms with Crippen molar-refractivity contribution in [1.29, 1.82) is 0 Å². The van der Waals surface area contributed by atoms with Gasteiger partial charge in [0, 0.05) is 50.2 Å². The zero-order valence-electron chi connectivity index (χ0n) is 25.0. The Bertz CT molecular complexity index is 694. The topological polar surface area (TPSA) is 115 Å². The molecule has 0 atom stereocenters. The summed E-state index contributed by atoms with van der Waals surface area (Å²) in [5.41, 5.74) is 0. The van der Waals surface area contributed by atoms with Gasteiger partial charge in [-0.1, -0.05) is 77.0 Å². The summed E-state index contributed by atoms with van der Waals surface area (Å²) in [6, 6.07) is 1.53. The maximum atomic E-state index is 13.5. The lowest BCUT2D eigenvalue weighted by Crippen LogP contribution is -2.49. The summed E-state index contributed by atoms with van der Waals surface area (Å²) >= 11 is 0. The van der Waals surface area contributed by atoms with E-state index in [0.717, 1.165) is 65.2 Å². The van der Waals surface area contributed by atoms with Crippen LogP contribution < -0.4 is 0 Å². The Morgan fingerprint density at radius 2 is 0.625 bits per heavy atom. The Kier molecular flexibility index (Phi) is 16.0. The number of carboxylic acids is 2. The molecule has 0 aromatic heterocycles. The van der Waals surface area contributed by atoms with Crippen LogP contribution >= 0.6 is 0 Å². The Balaban J connectivity index is 0.000000621. The molecule has 0 heterocycles. The van der Waals surface area contributed by atoms with E-state index in [2.05, 4.69) is 9.80 Å². The molecular weight excluding hydrogens is 508 g/mol. The summed E-state index contributed by atoms with van der Waals surface area (Å²) in [4.78, 5) is 49.4. The van der Waals surface area contributed by atoms with Crippen LogP contribution in [0.4, 0.5) is 0 Å². The van der Waals surface area contributed by atoms with E-state index in [1.165, 1.54) is 77.0 Å². The second-order valence-electron chi connectivity index (χ2n) is 12.0. The van der Waals surface area contributed by atoms with Gasteiger partial charge in [0.15, 0.2) is 0 Å². The van der Waals surface area contributed by atoms with Crippen molar-refractivity contribution in [1.82, 2.24) is 9.80 Å². The summed E-state index contributed by atoms with van der Waals surface area (Å²) < 4.78 is 0. The van der Waals surface area contributed by atoms with Gasteiger partial charge in [0.05, 0.1) is 0 Å². The summed E-state index contributed by atoms with van der Waals surface area (Å²) in [5.74, 6) is -1.46. The SMILES string of the molecule is CC(=O)O.CC(=O)O.O=C(C=CC(=O)N(C1CCCCC1)C1CCCCC1)N(C1CCCCC1)C1CCCCC1. The minimum Gasteiger partial charge on any atom is -0.481 e. The number of rotatable bonds is 6. The molecular formula is C32H54N2O6. The van der Waals surface area contributed by atoms with E-state index in [-0.39, 0.29) is 11.8 Å². The van der Waals surface area contributed by atoms with Crippen molar-refractivity contribution in [3.8, 4) is 0 Å². The second kappa shape index (κ2) is 18.9. The van der Waals surface area contributed by atoms with Crippen LogP contribution in [0, 0.1) is 0 Å². The van der Waals surface area contributed by atoms with E-state index in [4.69, 9.17) is 19.8 Å². The zero-order chi connectivity index (χ0) is 29.3. The summed E-state index contributed by atoms with van der Waals surface area (Å²) in [7, 11) is 0. The molecule has 4 fully saturated rings. The number of hydrogen-bond donors (Lipinski definition) is 2. The highest BCUT2D eigenvalue weighted by Crippen LogP contribution is 2.32. The van der Waals surface area contributed by atoms with Gasteiger partial charge in [-0.25, -0.2) is 0 Å².